The van der Waals surface area contributed by atoms with Crippen molar-refractivity contribution in [3.63, 3.8) is 0 Å². The number of carbonyl (C=O) groups excluding carboxylic acids is 1. The molecule has 0 saturated heterocycles. The van der Waals surface area contributed by atoms with Gasteiger partial charge in [0.1, 0.15) is 6.29 Å². The molecule has 94 valence electrons. The van der Waals surface area contributed by atoms with Gasteiger partial charge in [-0.2, -0.15) is 18.4 Å². The fourth-order valence-electron chi connectivity index (χ4n) is 1.29. The number of aldehydes is 1. The van der Waals surface area contributed by atoms with Crippen LogP contribution >= 0.6 is 0 Å². The summed E-state index contributed by atoms with van der Waals surface area (Å²) in [6, 6.07) is 6.08. The summed E-state index contributed by atoms with van der Waals surface area (Å²) in [6.07, 6.45) is -2.67. The smallest absolute Gasteiger partial charge is 0.377 e. The lowest BCUT2D eigenvalue weighted by Gasteiger charge is -2.10. The van der Waals surface area contributed by atoms with Gasteiger partial charge in [-0.15, -0.1) is 0 Å². The van der Waals surface area contributed by atoms with E-state index in [2.05, 4.69) is 5.32 Å². The minimum absolute atomic E-state index is 0.0193. The van der Waals surface area contributed by atoms with E-state index < -0.39 is 11.7 Å². The summed E-state index contributed by atoms with van der Waals surface area (Å²) in [6.45, 7) is -0.0193. The fraction of sp³-hybridized carbons (Fsp3) is 0.167. The lowest BCUT2D eigenvalue weighted by atomic mass is 10.1. The summed E-state index contributed by atoms with van der Waals surface area (Å²) in [5, 5.41) is 11.2. The van der Waals surface area contributed by atoms with Crippen LogP contribution in [-0.4, -0.2) is 12.8 Å². The number of hydrogen-bond acceptors (Lipinski definition) is 3. The van der Waals surface area contributed by atoms with Crippen LogP contribution in [0.5, 0.6) is 0 Å². The van der Waals surface area contributed by atoms with Crippen LogP contribution < -0.4 is 5.32 Å². The number of halogens is 3. The average Bonchev–Trinajstić information content (AvgIpc) is 2.33. The SMILES string of the molecule is N#CC=C(NCC=O)c1ccc(C(F)(F)F)cc1. The van der Waals surface area contributed by atoms with Gasteiger partial charge in [0, 0.05) is 6.08 Å². The molecule has 0 aliphatic carbocycles. The predicted molar refractivity (Wildman–Crippen MR) is 59.1 cm³/mol. The molecule has 0 heterocycles. The molecule has 1 N–H and O–H groups in total. The van der Waals surface area contributed by atoms with Gasteiger partial charge in [-0.3, -0.25) is 0 Å². The Morgan fingerprint density at radius 2 is 1.94 bits per heavy atom. The minimum atomic E-state index is -4.39. The molecule has 0 bridgehead atoms. The number of nitrogens with one attached hydrogen (secondary N) is 1. The zero-order valence-electron chi connectivity index (χ0n) is 9.16. The molecule has 1 rings (SSSR count). The van der Waals surface area contributed by atoms with Gasteiger partial charge < -0.3 is 10.1 Å². The standard InChI is InChI=1S/C12H9F3N2O/c13-12(14,15)10-3-1-9(2-4-10)11(5-6-16)17-7-8-18/h1-5,8,17H,7H2. The quantitative estimate of drug-likeness (QED) is 0.662. The highest BCUT2D eigenvalue weighted by Gasteiger charge is 2.29. The van der Waals surface area contributed by atoms with E-state index >= 15 is 0 Å². The van der Waals surface area contributed by atoms with Gasteiger partial charge in [0.05, 0.1) is 23.9 Å². The van der Waals surface area contributed by atoms with Gasteiger partial charge in [0.25, 0.3) is 0 Å². The number of nitrogens with zero attached hydrogens (tertiary/aromatic N) is 1. The van der Waals surface area contributed by atoms with Crippen LogP contribution in [0.3, 0.4) is 0 Å². The molecule has 3 nitrogen and oxygen atoms in total. The molecule has 18 heavy (non-hydrogen) atoms. The molecule has 0 unspecified atom stereocenters. The summed E-state index contributed by atoms with van der Waals surface area (Å²) >= 11 is 0. The molecular formula is C12H9F3N2O. The molecule has 0 fully saturated rings. The Hall–Kier alpha value is -2.29. The fourth-order valence-corrected chi connectivity index (χ4v) is 1.29. The Balaban J connectivity index is 2.98. The van der Waals surface area contributed by atoms with E-state index in [-0.39, 0.29) is 6.54 Å². The Bertz CT molecular complexity index is 484. The first kappa shape index (κ1) is 13.8. The van der Waals surface area contributed by atoms with Crippen molar-refractivity contribution in [2.45, 2.75) is 6.18 Å². The molecular weight excluding hydrogens is 245 g/mol. The molecule has 6 heteroatoms. The van der Waals surface area contributed by atoms with Gasteiger partial charge >= 0.3 is 6.18 Å². The van der Waals surface area contributed by atoms with Crippen LogP contribution in [0.2, 0.25) is 0 Å². The molecule has 0 aliphatic rings. The minimum Gasteiger partial charge on any atom is -0.377 e. The number of nitriles is 1. The highest BCUT2D eigenvalue weighted by atomic mass is 19.4. The lowest BCUT2D eigenvalue weighted by Crippen LogP contribution is -2.14. The maximum absolute atomic E-state index is 12.3. The number of alkyl halides is 3. The van der Waals surface area contributed by atoms with Gasteiger partial charge in [-0.05, 0) is 17.7 Å². The highest BCUT2D eigenvalue weighted by molar-refractivity contribution is 5.68. The lowest BCUT2D eigenvalue weighted by molar-refractivity contribution is -0.137. The van der Waals surface area contributed by atoms with Crippen LogP contribution in [0.15, 0.2) is 30.3 Å². The van der Waals surface area contributed by atoms with Crippen molar-refractivity contribution in [1.29, 1.82) is 5.26 Å². The van der Waals surface area contributed by atoms with E-state index in [9.17, 15) is 18.0 Å². The third-order valence-electron chi connectivity index (χ3n) is 2.11. The molecule has 0 amide bonds. The van der Waals surface area contributed by atoms with Crippen molar-refractivity contribution in [3.8, 4) is 6.07 Å². The van der Waals surface area contributed by atoms with Crippen LogP contribution in [0.1, 0.15) is 11.1 Å². The predicted octanol–water partition coefficient (Wildman–Crippen LogP) is 2.36. The summed E-state index contributed by atoms with van der Waals surface area (Å²) in [5.41, 5.74) is -0.0531. The maximum atomic E-state index is 12.3. The maximum Gasteiger partial charge on any atom is 0.416 e. The third-order valence-corrected chi connectivity index (χ3v) is 2.11. The van der Waals surface area contributed by atoms with Crippen molar-refractivity contribution in [2.24, 2.45) is 0 Å². The third kappa shape index (κ3) is 3.63. The number of allylic oxidation sites excluding steroid dienone is 1. The normalized spacial score (nSPS) is 11.8. The molecule has 0 aromatic heterocycles. The highest BCUT2D eigenvalue weighted by Crippen LogP contribution is 2.29. The van der Waals surface area contributed by atoms with Crippen LogP contribution in [0, 0.1) is 11.3 Å². The van der Waals surface area contributed by atoms with Gasteiger partial charge in [-0.25, -0.2) is 0 Å². The van der Waals surface area contributed by atoms with Crippen molar-refractivity contribution >= 4 is 12.0 Å². The summed E-state index contributed by atoms with van der Waals surface area (Å²) < 4.78 is 37.0. The molecule has 1 aromatic rings. The molecule has 0 aliphatic heterocycles. The Kier molecular flexibility index (Phi) is 4.49. The molecule has 0 atom stereocenters. The van der Waals surface area contributed by atoms with E-state index in [0.717, 1.165) is 18.2 Å². The molecule has 1 aromatic carbocycles. The zero-order valence-corrected chi connectivity index (χ0v) is 9.16. The molecule has 0 spiro atoms. The van der Waals surface area contributed by atoms with Crippen LogP contribution in [-0.2, 0) is 11.0 Å². The summed E-state index contributed by atoms with van der Waals surface area (Å²) in [5.74, 6) is 0. The monoisotopic (exact) mass is 254 g/mol. The van der Waals surface area contributed by atoms with E-state index in [1.807, 2.05) is 0 Å². The van der Waals surface area contributed by atoms with Crippen molar-refractivity contribution < 1.29 is 18.0 Å². The first-order chi connectivity index (χ1) is 8.49. The second kappa shape index (κ2) is 5.87. The summed E-state index contributed by atoms with van der Waals surface area (Å²) in [4.78, 5) is 10.2. The first-order valence-electron chi connectivity index (χ1n) is 4.94. The average molecular weight is 254 g/mol. The van der Waals surface area contributed by atoms with Gasteiger partial charge in [0.15, 0.2) is 0 Å². The Morgan fingerprint density at radius 1 is 1.33 bits per heavy atom. The van der Waals surface area contributed by atoms with Crippen molar-refractivity contribution in [1.82, 2.24) is 5.32 Å². The Morgan fingerprint density at radius 3 is 2.39 bits per heavy atom. The van der Waals surface area contributed by atoms with Gasteiger partial charge in [0.2, 0.25) is 0 Å². The number of benzene rings is 1. The Labute approximate surface area is 102 Å². The second-order valence-electron chi connectivity index (χ2n) is 3.31. The van der Waals surface area contributed by atoms with E-state index in [1.54, 1.807) is 6.07 Å². The second-order valence-corrected chi connectivity index (χ2v) is 3.31. The first-order valence-corrected chi connectivity index (χ1v) is 4.94. The number of hydrogen-bond donors (Lipinski definition) is 1. The zero-order chi connectivity index (χ0) is 13.6. The van der Waals surface area contributed by atoms with Crippen molar-refractivity contribution in [3.05, 3.63) is 41.5 Å². The molecule has 0 saturated carbocycles. The number of rotatable bonds is 4. The van der Waals surface area contributed by atoms with Crippen LogP contribution in [0.4, 0.5) is 13.2 Å². The van der Waals surface area contributed by atoms with Crippen LogP contribution in [0.25, 0.3) is 5.70 Å². The van der Waals surface area contributed by atoms with E-state index in [0.29, 0.717) is 17.5 Å². The topological polar surface area (TPSA) is 52.9 Å². The van der Waals surface area contributed by atoms with Gasteiger partial charge in [-0.1, -0.05) is 12.1 Å². The number of carbonyl (C=O) groups is 1. The summed E-state index contributed by atoms with van der Waals surface area (Å²) in [7, 11) is 0. The largest absolute Gasteiger partial charge is 0.416 e. The van der Waals surface area contributed by atoms with E-state index in [4.69, 9.17) is 5.26 Å². The van der Waals surface area contributed by atoms with E-state index in [1.165, 1.54) is 12.1 Å². The molecule has 0 radical (unpaired) electrons. The van der Waals surface area contributed by atoms with Crippen molar-refractivity contribution in [2.75, 3.05) is 6.54 Å².